The SMILES string of the molecule is Cc1ccnc(N(CCCl)CCCl)n1. The van der Waals surface area contributed by atoms with E-state index < -0.39 is 0 Å². The van der Waals surface area contributed by atoms with Crippen molar-refractivity contribution in [2.24, 2.45) is 0 Å². The van der Waals surface area contributed by atoms with Crippen LogP contribution in [0.1, 0.15) is 5.69 Å². The molecule has 3 nitrogen and oxygen atoms in total. The molecule has 0 N–H and O–H groups in total. The first-order valence-corrected chi connectivity index (χ1v) is 5.51. The van der Waals surface area contributed by atoms with Gasteiger partial charge in [0.15, 0.2) is 0 Å². The molecule has 1 aromatic rings. The molecule has 0 amide bonds. The number of anilines is 1. The Balaban J connectivity index is 2.75. The fraction of sp³-hybridized carbons (Fsp3) is 0.556. The van der Waals surface area contributed by atoms with Crippen LogP contribution in [-0.4, -0.2) is 34.8 Å². The number of nitrogens with zero attached hydrogens (tertiary/aromatic N) is 3. The van der Waals surface area contributed by atoms with Crippen molar-refractivity contribution in [3.63, 3.8) is 0 Å². The van der Waals surface area contributed by atoms with E-state index >= 15 is 0 Å². The van der Waals surface area contributed by atoms with E-state index in [1.54, 1.807) is 6.20 Å². The van der Waals surface area contributed by atoms with Gasteiger partial charge in [-0.2, -0.15) is 0 Å². The molecular weight excluding hydrogens is 221 g/mol. The molecule has 5 heteroatoms. The van der Waals surface area contributed by atoms with Gasteiger partial charge in [-0.25, -0.2) is 9.97 Å². The quantitative estimate of drug-likeness (QED) is 0.730. The Morgan fingerprint density at radius 3 is 2.43 bits per heavy atom. The number of aryl methyl sites for hydroxylation is 1. The molecule has 1 rings (SSSR count). The van der Waals surface area contributed by atoms with Crippen LogP contribution < -0.4 is 4.90 Å². The molecule has 1 aromatic heterocycles. The highest BCUT2D eigenvalue weighted by atomic mass is 35.5. The van der Waals surface area contributed by atoms with E-state index in [1.807, 2.05) is 17.9 Å². The van der Waals surface area contributed by atoms with Crippen LogP contribution in [0.5, 0.6) is 0 Å². The Hall–Kier alpha value is -0.540. The summed E-state index contributed by atoms with van der Waals surface area (Å²) in [4.78, 5) is 10.5. The van der Waals surface area contributed by atoms with Crippen molar-refractivity contribution in [1.29, 1.82) is 0 Å². The summed E-state index contributed by atoms with van der Waals surface area (Å²) in [6.45, 7) is 3.38. The van der Waals surface area contributed by atoms with Crippen LogP contribution in [0.3, 0.4) is 0 Å². The van der Waals surface area contributed by atoms with Crippen molar-refractivity contribution in [2.45, 2.75) is 6.92 Å². The first-order valence-electron chi connectivity index (χ1n) is 4.44. The van der Waals surface area contributed by atoms with Crippen LogP contribution in [-0.2, 0) is 0 Å². The van der Waals surface area contributed by atoms with Crippen molar-refractivity contribution >= 4 is 29.2 Å². The largest absolute Gasteiger partial charge is 0.338 e. The smallest absolute Gasteiger partial charge is 0.225 e. The number of aromatic nitrogens is 2. The van der Waals surface area contributed by atoms with Crippen molar-refractivity contribution in [2.75, 3.05) is 29.7 Å². The molecule has 14 heavy (non-hydrogen) atoms. The molecule has 0 saturated carbocycles. The van der Waals surface area contributed by atoms with Gasteiger partial charge in [-0.1, -0.05) is 0 Å². The maximum absolute atomic E-state index is 5.68. The van der Waals surface area contributed by atoms with E-state index in [-0.39, 0.29) is 0 Å². The van der Waals surface area contributed by atoms with Crippen LogP contribution in [0.2, 0.25) is 0 Å². The highest BCUT2D eigenvalue weighted by Gasteiger charge is 2.07. The second-order valence-electron chi connectivity index (χ2n) is 2.86. The molecule has 0 bridgehead atoms. The van der Waals surface area contributed by atoms with Gasteiger partial charge >= 0.3 is 0 Å². The minimum Gasteiger partial charge on any atom is -0.338 e. The van der Waals surface area contributed by atoms with Gasteiger partial charge in [0.25, 0.3) is 0 Å². The Morgan fingerprint density at radius 2 is 1.93 bits per heavy atom. The second kappa shape index (κ2) is 6.04. The summed E-state index contributed by atoms with van der Waals surface area (Å²) in [6.07, 6.45) is 1.74. The third-order valence-corrected chi connectivity index (χ3v) is 2.11. The summed E-state index contributed by atoms with van der Waals surface area (Å²) < 4.78 is 0. The minimum atomic E-state index is 0.550. The maximum Gasteiger partial charge on any atom is 0.225 e. The fourth-order valence-corrected chi connectivity index (χ4v) is 1.51. The van der Waals surface area contributed by atoms with Crippen LogP contribution in [0.4, 0.5) is 5.95 Å². The molecule has 0 spiro atoms. The number of halogens is 2. The summed E-state index contributed by atoms with van der Waals surface area (Å²) in [5, 5.41) is 0. The van der Waals surface area contributed by atoms with Crippen molar-refractivity contribution in [1.82, 2.24) is 9.97 Å². The maximum atomic E-state index is 5.68. The normalized spacial score (nSPS) is 10.2. The van der Waals surface area contributed by atoms with E-state index in [2.05, 4.69) is 9.97 Å². The van der Waals surface area contributed by atoms with Crippen molar-refractivity contribution < 1.29 is 0 Å². The number of hydrogen-bond acceptors (Lipinski definition) is 3. The predicted molar refractivity (Wildman–Crippen MR) is 60.4 cm³/mol. The zero-order valence-corrected chi connectivity index (χ0v) is 9.59. The molecule has 0 aliphatic carbocycles. The van der Waals surface area contributed by atoms with Gasteiger partial charge in [-0.15, -0.1) is 23.2 Å². The summed E-state index contributed by atoms with van der Waals surface area (Å²) in [5.74, 6) is 1.80. The van der Waals surface area contributed by atoms with Crippen LogP contribution in [0, 0.1) is 6.92 Å². The number of rotatable bonds is 5. The molecule has 0 radical (unpaired) electrons. The molecule has 1 heterocycles. The lowest BCUT2D eigenvalue weighted by atomic mass is 10.4. The summed E-state index contributed by atoms with van der Waals surface area (Å²) >= 11 is 11.4. The molecule has 0 atom stereocenters. The minimum absolute atomic E-state index is 0.550. The molecule has 0 aliphatic heterocycles. The zero-order chi connectivity index (χ0) is 10.4. The first kappa shape index (κ1) is 11.5. The van der Waals surface area contributed by atoms with E-state index in [0.717, 1.165) is 18.8 Å². The van der Waals surface area contributed by atoms with Gasteiger partial charge in [0.2, 0.25) is 5.95 Å². The lowest BCUT2D eigenvalue weighted by molar-refractivity contribution is 0.822. The average Bonchev–Trinajstić information content (AvgIpc) is 2.17. The summed E-state index contributed by atoms with van der Waals surface area (Å²) in [6, 6.07) is 1.86. The number of alkyl halides is 2. The lowest BCUT2D eigenvalue weighted by Crippen LogP contribution is -2.29. The molecule has 78 valence electrons. The standard InChI is InChI=1S/C9H13Cl2N3/c1-8-2-5-12-9(13-8)14(6-3-10)7-4-11/h2,5H,3-4,6-7H2,1H3. The van der Waals surface area contributed by atoms with E-state index in [1.165, 1.54) is 0 Å². The van der Waals surface area contributed by atoms with E-state index in [9.17, 15) is 0 Å². The second-order valence-corrected chi connectivity index (χ2v) is 3.62. The highest BCUT2D eigenvalue weighted by molar-refractivity contribution is 6.18. The monoisotopic (exact) mass is 233 g/mol. The Morgan fingerprint density at radius 1 is 1.29 bits per heavy atom. The van der Waals surface area contributed by atoms with Crippen molar-refractivity contribution in [3.8, 4) is 0 Å². The molecule has 0 unspecified atom stereocenters. The Bertz CT molecular complexity index is 275. The third kappa shape index (κ3) is 3.31. The Kier molecular flexibility index (Phi) is 4.98. The molecule has 0 fully saturated rings. The van der Waals surface area contributed by atoms with Crippen molar-refractivity contribution in [3.05, 3.63) is 18.0 Å². The first-order chi connectivity index (χ1) is 6.77. The summed E-state index contributed by atoms with van der Waals surface area (Å²) in [5.41, 5.74) is 0.948. The topological polar surface area (TPSA) is 29.0 Å². The van der Waals surface area contributed by atoms with Gasteiger partial charge < -0.3 is 4.90 Å². The Labute approximate surface area is 94.1 Å². The predicted octanol–water partition coefficient (Wildman–Crippen LogP) is 2.07. The van der Waals surface area contributed by atoms with E-state index in [0.29, 0.717) is 17.7 Å². The highest BCUT2D eigenvalue weighted by Crippen LogP contribution is 2.07. The molecule has 0 saturated heterocycles. The van der Waals surface area contributed by atoms with Gasteiger partial charge in [-0.3, -0.25) is 0 Å². The average molecular weight is 234 g/mol. The van der Waals surface area contributed by atoms with Gasteiger partial charge in [0.05, 0.1) is 0 Å². The molecular formula is C9H13Cl2N3. The fourth-order valence-electron chi connectivity index (χ4n) is 1.10. The van der Waals surface area contributed by atoms with Gasteiger partial charge in [0.1, 0.15) is 0 Å². The van der Waals surface area contributed by atoms with Crippen LogP contribution in [0.25, 0.3) is 0 Å². The van der Waals surface area contributed by atoms with Crippen LogP contribution in [0.15, 0.2) is 12.3 Å². The lowest BCUT2D eigenvalue weighted by Gasteiger charge is -2.20. The van der Waals surface area contributed by atoms with Gasteiger partial charge in [-0.05, 0) is 13.0 Å². The zero-order valence-electron chi connectivity index (χ0n) is 8.08. The third-order valence-electron chi connectivity index (χ3n) is 1.77. The summed E-state index contributed by atoms with van der Waals surface area (Å²) in [7, 11) is 0. The number of hydrogen-bond donors (Lipinski definition) is 0. The van der Waals surface area contributed by atoms with Crippen LogP contribution >= 0.6 is 23.2 Å². The molecule has 0 aromatic carbocycles. The van der Waals surface area contributed by atoms with Gasteiger partial charge in [0, 0.05) is 36.7 Å². The molecule has 0 aliphatic rings. The van der Waals surface area contributed by atoms with E-state index in [4.69, 9.17) is 23.2 Å².